The third-order valence-corrected chi connectivity index (χ3v) is 4.88. The molecule has 2 saturated carbocycles. The Hall–Kier alpha value is -1.55. The molecule has 0 bridgehead atoms. The molecule has 2 fully saturated rings. The average molecular weight is 316 g/mol. The van der Waals surface area contributed by atoms with E-state index in [1.165, 1.54) is 38.5 Å². The molecule has 4 heteroatoms. The summed E-state index contributed by atoms with van der Waals surface area (Å²) in [7, 11) is 0. The van der Waals surface area contributed by atoms with Crippen molar-refractivity contribution in [2.45, 2.75) is 44.1 Å². The van der Waals surface area contributed by atoms with Gasteiger partial charge in [-0.3, -0.25) is 0 Å². The van der Waals surface area contributed by atoms with Gasteiger partial charge in [-0.15, -0.1) is 0 Å². The summed E-state index contributed by atoms with van der Waals surface area (Å²) < 4.78 is 5.56. The third-order valence-electron chi connectivity index (χ3n) is 4.68. The number of ether oxygens (including phenoxy) is 1. The van der Waals surface area contributed by atoms with Gasteiger partial charge in [-0.05, 0) is 56.0 Å². The highest BCUT2D eigenvalue weighted by molar-refractivity contribution is 7.80. The van der Waals surface area contributed by atoms with E-state index in [0.717, 1.165) is 22.5 Å². The molecule has 0 unspecified atom stereocenters. The maximum atomic E-state index is 5.56. The van der Waals surface area contributed by atoms with Crippen LogP contribution in [0.3, 0.4) is 0 Å². The highest BCUT2D eigenvalue weighted by Crippen LogP contribution is 2.48. The summed E-state index contributed by atoms with van der Waals surface area (Å²) in [4.78, 5) is 0. The van der Waals surface area contributed by atoms with Crippen LogP contribution in [0.4, 0.5) is 5.69 Å². The van der Waals surface area contributed by atoms with E-state index in [1.807, 2.05) is 24.3 Å². The normalized spacial score (nSPS) is 19.5. The Morgan fingerprint density at radius 1 is 1.36 bits per heavy atom. The van der Waals surface area contributed by atoms with Crippen molar-refractivity contribution in [3.63, 3.8) is 0 Å². The van der Waals surface area contributed by atoms with E-state index in [4.69, 9.17) is 17.0 Å². The van der Waals surface area contributed by atoms with Crippen molar-refractivity contribution in [3.05, 3.63) is 36.9 Å². The molecule has 3 rings (SSSR count). The molecule has 0 amide bonds. The number of rotatable bonds is 6. The first-order valence-corrected chi connectivity index (χ1v) is 8.56. The first-order valence-electron chi connectivity index (χ1n) is 8.15. The largest absolute Gasteiger partial charge is 0.489 e. The molecule has 0 heterocycles. The lowest BCUT2D eigenvalue weighted by atomic mass is 9.91. The maximum absolute atomic E-state index is 5.56. The molecule has 2 aliphatic carbocycles. The average Bonchev–Trinajstić information content (AvgIpc) is 3.27. The van der Waals surface area contributed by atoms with E-state index in [9.17, 15) is 0 Å². The Kier molecular flexibility index (Phi) is 4.67. The minimum absolute atomic E-state index is 0.251. The van der Waals surface area contributed by atoms with Gasteiger partial charge in [0.15, 0.2) is 5.11 Å². The van der Waals surface area contributed by atoms with E-state index in [0.29, 0.717) is 6.61 Å². The Bertz CT molecular complexity index is 548. The standard InChI is InChI=1S/C18H24N2OS/c1-2-12-21-16-7-5-6-15(13-16)19-17(22)20-18(14-8-9-14)10-3-4-11-18/h2,5-7,13-14H,1,3-4,8-12H2,(H2,19,20,22). The molecule has 1 aromatic carbocycles. The number of hydrogen-bond donors (Lipinski definition) is 2. The first-order chi connectivity index (χ1) is 10.7. The lowest BCUT2D eigenvalue weighted by Gasteiger charge is -2.32. The lowest BCUT2D eigenvalue weighted by molar-refractivity contribution is 0.340. The number of anilines is 1. The van der Waals surface area contributed by atoms with Gasteiger partial charge in [-0.25, -0.2) is 0 Å². The second-order valence-electron chi connectivity index (χ2n) is 6.34. The van der Waals surface area contributed by atoms with Crippen LogP contribution in [0.1, 0.15) is 38.5 Å². The van der Waals surface area contributed by atoms with Crippen LogP contribution in [0, 0.1) is 5.92 Å². The summed E-state index contributed by atoms with van der Waals surface area (Å²) >= 11 is 5.54. The van der Waals surface area contributed by atoms with E-state index in [2.05, 4.69) is 17.2 Å². The summed E-state index contributed by atoms with van der Waals surface area (Å²) in [6.45, 7) is 4.17. The van der Waals surface area contributed by atoms with Gasteiger partial charge in [-0.1, -0.05) is 31.6 Å². The van der Waals surface area contributed by atoms with Crippen molar-refractivity contribution in [3.8, 4) is 5.75 Å². The Morgan fingerprint density at radius 3 is 2.82 bits per heavy atom. The zero-order chi connectivity index (χ0) is 15.4. The molecule has 3 nitrogen and oxygen atoms in total. The van der Waals surface area contributed by atoms with Gasteiger partial charge >= 0.3 is 0 Å². The van der Waals surface area contributed by atoms with Gasteiger partial charge in [0.25, 0.3) is 0 Å². The smallest absolute Gasteiger partial charge is 0.171 e. The summed E-state index contributed by atoms with van der Waals surface area (Å²) in [6, 6.07) is 7.88. The van der Waals surface area contributed by atoms with E-state index in [-0.39, 0.29) is 5.54 Å². The van der Waals surface area contributed by atoms with E-state index < -0.39 is 0 Å². The predicted molar refractivity (Wildman–Crippen MR) is 95.4 cm³/mol. The lowest BCUT2D eigenvalue weighted by Crippen LogP contribution is -2.49. The molecule has 0 aliphatic heterocycles. The van der Waals surface area contributed by atoms with Crippen molar-refractivity contribution in [2.24, 2.45) is 5.92 Å². The van der Waals surface area contributed by atoms with Gasteiger partial charge in [0, 0.05) is 17.3 Å². The van der Waals surface area contributed by atoms with Gasteiger partial charge < -0.3 is 15.4 Å². The molecule has 0 spiro atoms. The van der Waals surface area contributed by atoms with Crippen LogP contribution < -0.4 is 15.4 Å². The van der Waals surface area contributed by atoms with Crippen LogP contribution in [0.5, 0.6) is 5.75 Å². The fraction of sp³-hybridized carbons (Fsp3) is 0.500. The minimum atomic E-state index is 0.251. The fourth-order valence-electron chi connectivity index (χ4n) is 3.48. The second-order valence-corrected chi connectivity index (χ2v) is 6.75. The molecule has 0 radical (unpaired) electrons. The summed E-state index contributed by atoms with van der Waals surface area (Å²) in [5, 5.41) is 7.67. The van der Waals surface area contributed by atoms with Crippen LogP contribution in [-0.4, -0.2) is 17.3 Å². The van der Waals surface area contributed by atoms with Crippen molar-refractivity contribution < 1.29 is 4.74 Å². The van der Waals surface area contributed by atoms with Gasteiger partial charge in [0.1, 0.15) is 12.4 Å². The van der Waals surface area contributed by atoms with Crippen molar-refractivity contribution in [1.29, 1.82) is 0 Å². The van der Waals surface area contributed by atoms with Crippen molar-refractivity contribution in [1.82, 2.24) is 5.32 Å². The SMILES string of the molecule is C=CCOc1cccc(NC(=S)NC2(C3CC3)CCCC2)c1. The van der Waals surface area contributed by atoms with E-state index in [1.54, 1.807) is 6.08 Å². The highest BCUT2D eigenvalue weighted by Gasteiger charge is 2.47. The number of nitrogens with one attached hydrogen (secondary N) is 2. The number of hydrogen-bond acceptors (Lipinski definition) is 2. The Morgan fingerprint density at radius 2 is 2.14 bits per heavy atom. The van der Waals surface area contributed by atoms with Crippen LogP contribution in [0.2, 0.25) is 0 Å². The van der Waals surface area contributed by atoms with Gasteiger partial charge in [-0.2, -0.15) is 0 Å². The van der Waals surface area contributed by atoms with Gasteiger partial charge in [0.2, 0.25) is 0 Å². The quantitative estimate of drug-likeness (QED) is 0.607. The summed E-state index contributed by atoms with van der Waals surface area (Å²) in [6.07, 6.45) is 9.57. The molecule has 2 N–H and O–H groups in total. The molecular weight excluding hydrogens is 292 g/mol. The molecular formula is C18H24N2OS. The molecule has 118 valence electrons. The highest BCUT2D eigenvalue weighted by atomic mass is 32.1. The van der Waals surface area contributed by atoms with E-state index >= 15 is 0 Å². The minimum Gasteiger partial charge on any atom is -0.489 e. The molecule has 0 aromatic heterocycles. The van der Waals surface area contributed by atoms with Crippen LogP contribution in [0.25, 0.3) is 0 Å². The predicted octanol–water partition coefficient (Wildman–Crippen LogP) is 4.26. The van der Waals surface area contributed by atoms with Crippen LogP contribution >= 0.6 is 12.2 Å². The Labute approximate surface area is 138 Å². The van der Waals surface area contributed by atoms with Gasteiger partial charge in [0.05, 0.1) is 0 Å². The number of thiocarbonyl (C=S) groups is 1. The fourth-order valence-corrected chi connectivity index (χ4v) is 3.81. The molecule has 0 saturated heterocycles. The zero-order valence-corrected chi connectivity index (χ0v) is 13.8. The third kappa shape index (κ3) is 3.61. The first kappa shape index (κ1) is 15.3. The molecule has 2 aliphatic rings. The summed E-state index contributed by atoms with van der Waals surface area (Å²) in [5.41, 5.74) is 1.21. The van der Waals surface area contributed by atoms with Crippen LogP contribution in [0.15, 0.2) is 36.9 Å². The summed E-state index contributed by atoms with van der Waals surface area (Å²) in [5.74, 6) is 1.64. The van der Waals surface area contributed by atoms with Crippen molar-refractivity contribution in [2.75, 3.05) is 11.9 Å². The molecule has 1 aromatic rings. The molecule has 22 heavy (non-hydrogen) atoms. The monoisotopic (exact) mass is 316 g/mol. The molecule has 0 atom stereocenters. The Balaban J connectivity index is 1.60. The maximum Gasteiger partial charge on any atom is 0.171 e. The second kappa shape index (κ2) is 6.69. The van der Waals surface area contributed by atoms with Crippen LogP contribution in [-0.2, 0) is 0 Å². The topological polar surface area (TPSA) is 33.3 Å². The zero-order valence-electron chi connectivity index (χ0n) is 12.9. The number of benzene rings is 1. The van der Waals surface area contributed by atoms with Crippen molar-refractivity contribution >= 4 is 23.0 Å².